The summed E-state index contributed by atoms with van der Waals surface area (Å²) in [5, 5.41) is 19.5. The van der Waals surface area contributed by atoms with E-state index in [0.717, 1.165) is 94.0 Å². The predicted molar refractivity (Wildman–Crippen MR) is 231 cm³/mol. The molecule has 4 fully saturated rings. The van der Waals surface area contributed by atoms with E-state index in [1.54, 1.807) is 18.3 Å². The number of phenols is 1. The molecule has 6 heterocycles. The molecule has 4 unspecified atom stereocenters. The highest BCUT2D eigenvalue weighted by molar-refractivity contribution is 6.01. The van der Waals surface area contributed by atoms with Crippen LogP contribution in [0.15, 0.2) is 36.5 Å². The summed E-state index contributed by atoms with van der Waals surface area (Å²) in [4.78, 5) is 47.0. The van der Waals surface area contributed by atoms with Gasteiger partial charge in [-0.1, -0.05) is 45.9 Å². The first kappa shape index (κ1) is 42.0. The second-order valence-corrected chi connectivity index (χ2v) is 18.5. The minimum absolute atomic E-state index is 0.0149. The summed E-state index contributed by atoms with van der Waals surface area (Å²) in [6.07, 6.45) is 8.41. The number of carbonyl (C=O) groups excluding carboxylic acids is 2. The zero-order chi connectivity index (χ0) is 42.1. The molecule has 2 amide bonds. The largest absolute Gasteiger partial charge is 0.508 e. The molecule has 0 radical (unpaired) electrons. The number of fused-ring (bicyclic) bond motifs is 4. The number of anilines is 1. The first-order chi connectivity index (χ1) is 28.9. The van der Waals surface area contributed by atoms with E-state index in [4.69, 9.17) is 14.5 Å². The Kier molecular flexibility index (Phi) is 12.4. The van der Waals surface area contributed by atoms with Crippen LogP contribution in [0.2, 0.25) is 0 Å². The maximum atomic E-state index is 17.0. The fourth-order valence-corrected chi connectivity index (χ4v) is 9.70. The second-order valence-electron chi connectivity index (χ2n) is 18.5. The molecule has 3 N–H and O–H groups in total. The van der Waals surface area contributed by atoms with Gasteiger partial charge in [0.25, 0.3) is 0 Å². The van der Waals surface area contributed by atoms with Crippen molar-refractivity contribution >= 4 is 39.3 Å². The highest BCUT2D eigenvalue weighted by atomic mass is 19.1. The maximum absolute atomic E-state index is 17.0. The van der Waals surface area contributed by atoms with Gasteiger partial charge in [0.15, 0.2) is 5.82 Å². The van der Waals surface area contributed by atoms with Gasteiger partial charge in [-0.25, -0.2) is 4.39 Å². The first-order valence-corrected chi connectivity index (χ1v) is 22.0. The third-order valence-corrected chi connectivity index (χ3v) is 13.0. The lowest BCUT2D eigenvalue weighted by Crippen LogP contribution is -2.56. The van der Waals surface area contributed by atoms with E-state index in [-0.39, 0.29) is 47.4 Å². The Morgan fingerprint density at radius 1 is 1.05 bits per heavy atom. The van der Waals surface area contributed by atoms with E-state index in [2.05, 4.69) is 44.2 Å². The van der Waals surface area contributed by atoms with Gasteiger partial charge in [-0.15, -0.1) is 0 Å². The third-order valence-electron chi connectivity index (χ3n) is 13.0. The van der Waals surface area contributed by atoms with Crippen molar-refractivity contribution in [2.24, 2.45) is 11.3 Å². The molecule has 0 aliphatic carbocycles. The number of nitrogens with zero attached hydrogens (tertiary/aromatic N) is 6. The summed E-state index contributed by atoms with van der Waals surface area (Å²) in [5.41, 5.74) is 1.42. The average molecular weight is 825 g/mol. The summed E-state index contributed by atoms with van der Waals surface area (Å²) < 4.78 is 29.1. The molecule has 0 saturated carbocycles. The number of piperidine rings is 1. The van der Waals surface area contributed by atoms with Crippen LogP contribution in [-0.4, -0.2) is 125 Å². The Balaban J connectivity index is 0.903. The maximum Gasteiger partial charge on any atom is 0.319 e. The number of likely N-dealkylation sites (tertiary alicyclic amines) is 2. The van der Waals surface area contributed by atoms with Gasteiger partial charge < -0.3 is 35.0 Å². The minimum atomic E-state index is -0.601. The standard InChI is InChI=1S/C46H61FN8O5/c1-6-30-10-7-11-31-21-34(56)22-35(38(30)31)40-39(47)41-36(23-48-40)43(54-24-32-12-13-33(25-54)49-32)52-45(51-41)60-20-19-53-17-14-29(15-18-53)26-59-27-37(57)50-42(46(3,4)5)44(58)55-16-8-9-28(55)2/h7,10-11,21-23,28-29,32-33,42,49,56H,6,8-9,12-20,24-27H2,1-5H3,(H,50,57). The molecule has 4 aliphatic heterocycles. The SMILES string of the molecule is CCc1cccc2cc(O)cc(-c3ncc4c(N5CC6CCC(C5)N6)nc(OCCN5CCC(COCC(=O)NC(C(=O)N6CCCC6C)C(C)(C)C)CC5)nc4c3F)c12. The van der Waals surface area contributed by atoms with Crippen molar-refractivity contribution in [1.29, 1.82) is 0 Å². The quantitative estimate of drug-likeness (QED) is 0.150. The lowest BCUT2D eigenvalue weighted by molar-refractivity contribution is -0.141. The van der Waals surface area contributed by atoms with Crippen LogP contribution in [0.3, 0.4) is 0 Å². The number of hydrogen-bond donors (Lipinski definition) is 3. The molecule has 2 bridgehead atoms. The number of aromatic hydroxyl groups is 1. The lowest BCUT2D eigenvalue weighted by Gasteiger charge is -2.35. The van der Waals surface area contributed by atoms with E-state index >= 15 is 4.39 Å². The van der Waals surface area contributed by atoms with Gasteiger partial charge in [0, 0.05) is 56.1 Å². The van der Waals surface area contributed by atoms with E-state index < -0.39 is 17.3 Å². The smallest absolute Gasteiger partial charge is 0.319 e. The van der Waals surface area contributed by atoms with Crippen molar-refractivity contribution in [2.45, 2.75) is 104 Å². The number of piperazine rings is 1. The second kappa shape index (κ2) is 17.7. The van der Waals surface area contributed by atoms with Crippen LogP contribution >= 0.6 is 0 Å². The predicted octanol–water partition coefficient (Wildman–Crippen LogP) is 5.84. The fraction of sp³-hybridized carbons (Fsp3) is 0.587. The first-order valence-electron chi connectivity index (χ1n) is 22.0. The van der Waals surface area contributed by atoms with Crippen LogP contribution in [0.1, 0.15) is 78.7 Å². The number of hydrogen-bond acceptors (Lipinski definition) is 11. The van der Waals surface area contributed by atoms with E-state index in [9.17, 15) is 14.7 Å². The van der Waals surface area contributed by atoms with Crippen LogP contribution in [0.4, 0.5) is 10.2 Å². The van der Waals surface area contributed by atoms with Crippen molar-refractivity contribution < 1.29 is 28.6 Å². The number of halogens is 1. The van der Waals surface area contributed by atoms with Crippen molar-refractivity contribution in [3.05, 3.63) is 47.9 Å². The van der Waals surface area contributed by atoms with Crippen LogP contribution in [-0.2, 0) is 20.7 Å². The molecule has 0 spiro atoms. The van der Waals surface area contributed by atoms with Crippen LogP contribution in [0.5, 0.6) is 11.8 Å². The van der Waals surface area contributed by atoms with Gasteiger partial charge in [-0.3, -0.25) is 19.5 Å². The van der Waals surface area contributed by atoms with Crippen molar-refractivity contribution in [3.8, 4) is 23.0 Å². The van der Waals surface area contributed by atoms with Gasteiger partial charge >= 0.3 is 6.01 Å². The number of nitrogens with one attached hydrogen (secondary N) is 2. The third kappa shape index (κ3) is 9.01. The van der Waals surface area contributed by atoms with Gasteiger partial charge in [-0.2, -0.15) is 9.97 Å². The summed E-state index contributed by atoms with van der Waals surface area (Å²) in [6.45, 7) is 15.4. The molecule has 4 saturated heterocycles. The minimum Gasteiger partial charge on any atom is -0.508 e. The number of rotatable bonds is 13. The molecular weight excluding hydrogens is 764 g/mol. The Bertz CT molecular complexity index is 2200. The van der Waals surface area contributed by atoms with E-state index in [1.165, 1.54) is 0 Å². The molecule has 60 heavy (non-hydrogen) atoms. The average Bonchev–Trinajstić information content (AvgIpc) is 3.82. The van der Waals surface area contributed by atoms with Crippen LogP contribution < -0.4 is 20.3 Å². The Hall–Kier alpha value is -4.66. The highest BCUT2D eigenvalue weighted by Gasteiger charge is 2.39. The molecule has 13 nitrogen and oxygen atoms in total. The molecule has 322 valence electrons. The number of phenolic OH excluding ortho intramolecular Hbond substituents is 1. The van der Waals surface area contributed by atoms with Crippen molar-refractivity contribution in [1.82, 2.24) is 35.4 Å². The molecule has 4 aromatic rings. The van der Waals surface area contributed by atoms with E-state index in [1.807, 2.05) is 43.9 Å². The lowest BCUT2D eigenvalue weighted by atomic mass is 9.85. The summed E-state index contributed by atoms with van der Waals surface area (Å²) >= 11 is 0. The monoisotopic (exact) mass is 824 g/mol. The molecule has 4 aliphatic rings. The highest BCUT2D eigenvalue weighted by Crippen LogP contribution is 2.39. The number of pyridine rings is 1. The zero-order valence-electron chi connectivity index (χ0n) is 35.8. The zero-order valence-corrected chi connectivity index (χ0v) is 35.8. The van der Waals surface area contributed by atoms with Crippen LogP contribution in [0, 0.1) is 17.2 Å². The molecule has 4 atom stereocenters. The van der Waals surface area contributed by atoms with Crippen molar-refractivity contribution in [3.63, 3.8) is 0 Å². The van der Waals surface area contributed by atoms with Gasteiger partial charge in [-0.05, 0) is 105 Å². The number of aryl methyl sites for hydroxylation is 1. The number of aromatic nitrogens is 3. The van der Waals surface area contributed by atoms with Gasteiger partial charge in [0.1, 0.15) is 42.0 Å². The van der Waals surface area contributed by atoms with Gasteiger partial charge in [0.05, 0.1) is 12.0 Å². The summed E-state index contributed by atoms with van der Waals surface area (Å²) in [7, 11) is 0. The Labute approximate surface area is 352 Å². The summed E-state index contributed by atoms with van der Waals surface area (Å²) in [6, 6.07) is 9.57. The molecular formula is C46H61FN8O5. The molecule has 8 rings (SSSR count). The van der Waals surface area contributed by atoms with Crippen molar-refractivity contribution in [2.75, 3.05) is 64.0 Å². The number of ether oxygens (including phenoxy) is 2. The summed E-state index contributed by atoms with van der Waals surface area (Å²) in [5.74, 6) is 0.137. The Morgan fingerprint density at radius 2 is 1.82 bits per heavy atom. The van der Waals surface area contributed by atoms with E-state index in [0.29, 0.717) is 54.5 Å². The number of carbonyl (C=O) groups is 2. The van der Waals surface area contributed by atoms with Crippen LogP contribution in [0.25, 0.3) is 32.9 Å². The molecule has 14 heteroatoms. The molecule has 2 aromatic heterocycles. The fourth-order valence-electron chi connectivity index (χ4n) is 9.70. The Morgan fingerprint density at radius 3 is 2.52 bits per heavy atom. The normalized spacial score (nSPS) is 21.9. The topological polar surface area (TPSA) is 145 Å². The van der Waals surface area contributed by atoms with Gasteiger partial charge in [0.2, 0.25) is 11.8 Å². The number of benzene rings is 2. The molecule has 2 aromatic carbocycles. The number of amides is 2.